The zero-order chi connectivity index (χ0) is 17.8. The molecule has 6 nitrogen and oxygen atoms in total. The van der Waals surface area contributed by atoms with E-state index in [9.17, 15) is 14.4 Å². The minimum atomic E-state index is -0.386. The Bertz CT molecular complexity index is 541. The molecule has 0 aliphatic heterocycles. The highest BCUT2D eigenvalue weighted by Gasteiger charge is 2.08. The van der Waals surface area contributed by atoms with E-state index >= 15 is 0 Å². The van der Waals surface area contributed by atoms with Crippen molar-refractivity contribution in [1.29, 1.82) is 0 Å². The van der Waals surface area contributed by atoms with Gasteiger partial charge in [-0.25, -0.2) is 0 Å². The molecular formula is C18H27N3O3. The number of amides is 3. The molecule has 0 heterocycles. The third-order valence-corrected chi connectivity index (χ3v) is 3.57. The summed E-state index contributed by atoms with van der Waals surface area (Å²) < 4.78 is 0. The Labute approximate surface area is 143 Å². The number of unbranched alkanes of at least 4 members (excludes halogenated alkanes) is 4. The zero-order valence-electron chi connectivity index (χ0n) is 14.5. The fourth-order valence-electron chi connectivity index (χ4n) is 2.10. The number of carbonyl (C=O) groups is 3. The Balaban J connectivity index is 2.31. The van der Waals surface area contributed by atoms with E-state index in [-0.39, 0.29) is 17.7 Å². The molecule has 132 valence electrons. The second-order valence-electron chi connectivity index (χ2n) is 5.65. The van der Waals surface area contributed by atoms with Crippen molar-refractivity contribution < 1.29 is 14.4 Å². The van der Waals surface area contributed by atoms with Crippen LogP contribution in [0.15, 0.2) is 24.3 Å². The van der Waals surface area contributed by atoms with Gasteiger partial charge in [0, 0.05) is 24.1 Å². The third kappa shape index (κ3) is 7.76. The normalized spacial score (nSPS) is 10.1. The van der Waals surface area contributed by atoms with Gasteiger partial charge in [-0.1, -0.05) is 39.5 Å². The molecule has 0 spiro atoms. The van der Waals surface area contributed by atoms with Gasteiger partial charge in [0.25, 0.3) is 5.91 Å². The molecule has 0 bridgehead atoms. The third-order valence-electron chi connectivity index (χ3n) is 3.57. The maximum absolute atomic E-state index is 11.9. The van der Waals surface area contributed by atoms with Crippen LogP contribution in [0.1, 0.15) is 69.2 Å². The van der Waals surface area contributed by atoms with Crippen LogP contribution >= 0.6 is 0 Å². The Kier molecular flexibility index (Phi) is 9.19. The van der Waals surface area contributed by atoms with Crippen LogP contribution in [-0.4, -0.2) is 17.7 Å². The van der Waals surface area contributed by atoms with Crippen molar-refractivity contribution in [2.75, 3.05) is 5.32 Å². The number of hydrazine groups is 1. The molecule has 0 aliphatic carbocycles. The van der Waals surface area contributed by atoms with E-state index in [1.165, 1.54) is 12.8 Å². The summed E-state index contributed by atoms with van der Waals surface area (Å²) in [4.78, 5) is 34.9. The fraction of sp³-hybridized carbons (Fsp3) is 0.500. The Morgan fingerprint density at radius 3 is 2.12 bits per heavy atom. The van der Waals surface area contributed by atoms with E-state index in [0.29, 0.717) is 24.1 Å². The largest absolute Gasteiger partial charge is 0.326 e. The summed E-state index contributed by atoms with van der Waals surface area (Å²) in [7, 11) is 0. The summed E-state index contributed by atoms with van der Waals surface area (Å²) in [6, 6.07) is 6.49. The van der Waals surface area contributed by atoms with E-state index in [2.05, 4.69) is 23.1 Å². The van der Waals surface area contributed by atoms with Gasteiger partial charge in [-0.05, 0) is 30.7 Å². The molecule has 0 saturated heterocycles. The zero-order valence-corrected chi connectivity index (χ0v) is 14.5. The van der Waals surface area contributed by atoms with Gasteiger partial charge in [0.15, 0.2) is 0 Å². The quantitative estimate of drug-likeness (QED) is 0.479. The average molecular weight is 333 g/mol. The van der Waals surface area contributed by atoms with Gasteiger partial charge in [-0.15, -0.1) is 0 Å². The lowest BCUT2D eigenvalue weighted by molar-refractivity contribution is -0.122. The second kappa shape index (κ2) is 11.2. The Morgan fingerprint density at radius 2 is 1.50 bits per heavy atom. The SMILES string of the molecule is CCCCCCCC(=O)NNC(=O)c1ccc(NC(=O)CC)cc1. The molecule has 0 saturated carbocycles. The van der Waals surface area contributed by atoms with Crippen molar-refractivity contribution >= 4 is 23.4 Å². The van der Waals surface area contributed by atoms with Crippen LogP contribution in [0, 0.1) is 0 Å². The lowest BCUT2D eigenvalue weighted by Crippen LogP contribution is -2.41. The molecule has 24 heavy (non-hydrogen) atoms. The molecule has 0 fully saturated rings. The van der Waals surface area contributed by atoms with Gasteiger partial charge < -0.3 is 5.32 Å². The number of carbonyl (C=O) groups excluding carboxylic acids is 3. The van der Waals surface area contributed by atoms with Crippen molar-refractivity contribution in [2.24, 2.45) is 0 Å². The predicted molar refractivity (Wildman–Crippen MR) is 94.3 cm³/mol. The molecule has 1 aromatic carbocycles. The first-order chi connectivity index (χ1) is 11.6. The smallest absolute Gasteiger partial charge is 0.269 e. The first-order valence-electron chi connectivity index (χ1n) is 8.56. The lowest BCUT2D eigenvalue weighted by Gasteiger charge is -2.08. The van der Waals surface area contributed by atoms with Crippen molar-refractivity contribution in [3.05, 3.63) is 29.8 Å². The molecule has 0 aromatic heterocycles. The van der Waals surface area contributed by atoms with Crippen molar-refractivity contribution in [2.45, 2.75) is 58.8 Å². The molecule has 3 N–H and O–H groups in total. The molecular weight excluding hydrogens is 306 g/mol. The fourth-order valence-corrected chi connectivity index (χ4v) is 2.10. The number of nitrogens with one attached hydrogen (secondary N) is 3. The standard InChI is InChI=1S/C18H27N3O3/c1-3-5-6-7-8-9-17(23)20-21-18(24)14-10-12-15(13-11-14)19-16(22)4-2/h10-13H,3-9H2,1-2H3,(H,19,22)(H,20,23)(H,21,24). The summed E-state index contributed by atoms with van der Waals surface area (Å²) in [6.07, 6.45) is 6.15. The number of anilines is 1. The molecule has 0 radical (unpaired) electrons. The van der Waals surface area contributed by atoms with Crippen LogP contribution in [0.25, 0.3) is 0 Å². The van der Waals surface area contributed by atoms with Crippen molar-refractivity contribution in [3.63, 3.8) is 0 Å². The molecule has 0 aliphatic rings. The highest BCUT2D eigenvalue weighted by atomic mass is 16.2. The highest BCUT2D eigenvalue weighted by Crippen LogP contribution is 2.10. The first kappa shape index (κ1) is 19.7. The Morgan fingerprint density at radius 1 is 0.833 bits per heavy atom. The van der Waals surface area contributed by atoms with Crippen LogP contribution in [-0.2, 0) is 9.59 Å². The van der Waals surface area contributed by atoms with Gasteiger partial charge >= 0.3 is 0 Å². The predicted octanol–water partition coefficient (Wildman–Crippen LogP) is 3.16. The average Bonchev–Trinajstić information content (AvgIpc) is 2.60. The van der Waals surface area contributed by atoms with Crippen LogP contribution in [0.5, 0.6) is 0 Å². The summed E-state index contributed by atoms with van der Waals surface area (Å²) >= 11 is 0. The van der Waals surface area contributed by atoms with Crippen molar-refractivity contribution in [3.8, 4) is 0 Å². The van der Waals surface area contributed by atoms with Gasteiger partial charge in [0.05, 0.1) is 0 Å². The van der Waals surface area contributed by atoms with Gasteiger partial charge in [-0.2, -0.15) is 0 Å². The number of rotatable bonds is 9. The second-order valence-corrected chi connectivity index (χ2v) is 5.65. The number of hydrogen-bond donors (Lipinski definition) is 3. The first-order valence-corrected chi connectivity index (χ1v) is 8.56. The molecule has 1 aromatic rings. The molecule has 0 unspecified atom stereocenters. The van der Waals surface area contributed by atoms with E-state index in [0.717, 1.165) is 19.3 Å². The molecule has 0 atom stereocenters. The van der Waals surface area contributed by atoms with Gasteiger partial charge in [-0.3, -0.25) is 25.2 Å². The van der Waals surface area contributed by atoms with Gasteiger partial charge in [0.2, 0.25) is 11.8 Å². The highest BCUT2D eigenvalue weighted by molar-refractivity contribution is 5.96. The number of hydrogen-bond acceptors (Lipinski definition) is 3. The van der Waals surface area contributed by atoms with E-state index < -0.39 is 0 Å². The summed E-state index contributed by atoms with van der Waals surface area (Å²) in [5.41, 5.74) is 5.86. The Hall–Kier alpha value is -2.37. The van der Waals surface area contributed by atoms with E-state index in [1.54, 1.807) is 31.2 Å². The minimum Gasteiger partial charge on any atom is -0.326 e. The lowest BCUT2D eigenvalue weighted by atomic mass is 10.1. The molecule has 3 amide bonds. The van der Waals surface area contributed by atoms with Crippen LogP contribution in [0.4, 0.5) is 5.69 Å². The topological polar surface area (TPSA) is 87.3 Å². The maximum Gasteiger partial charge on any atom is 0.269 e. The van der Waals surface area contributed by atoms with E-state index in [4.69, 9.17) is 0 Å². The number of benzene rings is 1. The monoisotopic (exact) mass is 333 g/mol. The van der Waals surface area contributed by atoms with Crippen LogP contribution in [0.3, 0.4) is 0 Å². The van der Waals surface area contributed by atoms with Crippen molar-refractivity contribution in [1.82, 2.24) is 10.9 Å². The van der Waals surface area contributed by atoms with Crippen LogP contribution < -0.4 is 16.2 Å². The minimum absolute atomic E-state index is 0.0848. The molecule has 6 heteroatoms. The van der Waals surface area contributed by atoms with E-state index in [1.807, 2.05) is 0 Å². The summed E-state index contributed by atoms with van der Waals surface area (Å²) in [5.74, 6) is -0.659. The summed E-state index contributed by atoms with van der Waals surface area (Å²) in [5, 5.41) is 2.71. The summed E-state index contributed by atoms with van der Waals surface area (Å²) in [6.45, 7) is 3.91. The maximum atomic E-state index is 11.9. The van der Waals surface area contributed by atoms with Gasteiger partial charge in [0.1, 0.15) is 0 Å². The van der Waals surface area contributed by atoms with Crippen LogP contribution in [0.2, 0.25) is 0 Å². The molecule has 1 rings (SSSR count).